The second-order valence-electron chi connectivity index (χ2n) is 7.66. The highest BCUT2D eigenvalue weighted by molar-refractivity contribution is 5.72. The van der Waals surface area contributed by atoms with E-state index in [0.29, 0.717) is 6.42 Å². The second-order valence-corrected chi connectivity index (χ2v) is 7.66. The molecule has 0 fully saturated rings. The van der Waals surface area contributed by atoms with Gasteiger partial charge in [0, 0.05) is 11.8 Å². The summed E-state index contributed by atoms with van der Waals surface area (Å²) in [4.78, 5) is 4.50. The molecule has 0 radical (unpaired) electrons. The third-order valence-electron chi connectivity index (χ3n) is 5.26. The number of aryl methyl sites for hydroxylation is 1. The summed E-state index contributed by atoms with van der Waals surface area (Å²) in [6.45, 7) is 5.56. The Morgan fingerprint density at radius 3 is 2.45 bits per heavy atom. The van der Waals surface area contributed by atoms with E-state index in [9.17, 15) is 4.39 Å². The van der Waals surface area contributed by atoms with Crippen molar-refractivity contribution in [3.63, 3.8) is 0 Å². The van der Waals surface area contributed by atoms with Gasteiger partial charge in [0.15, 0.2) is 0 Å². The Labute approximate surface area is 174 Å². The first kappa shape index (κ1) is 21.0. The quantitative estimate of drug-likeness (QED) is 0.258. The predicted molar refractivity (Wildman–Crippen MR) is 122 cm³/mol. The number of alkyl halides is 1. The van der Waals surface area contributed by atoms with Crippen LogP contribution in [0.2, 0.25) is 0 Å². The first-order chi connectivity index (χ1) is 14.2. The minimum absolute atomic E-state index is 0.677. The van der Waals surface area contributed by atoms with Gasteiger partial charge < -0.3 is 0 Å². The van der Waals surface area contributed by atoms with Gasteiger partial charge in [-0.15, -0.1) is 6.58 Å². The van der Waals surface area contributed by atoms with Crippen molar-refractivity contribution in [3.05, 3.63) is 90.6 Å². The number of halogens is 1. The first-order valence-corrected chi connectivity index (χ1v) is 10.6. The first-order valence-electron chi connectivity index (χ1n) is 10.6. The van der Waals surface area contributed by atoms with Crippen LogP contribution in [0.25, 0.3) is 22.4 Å². The standard InChI is InChI=1S/C27H30FN/c1-3-9-25-20-24(17-18-26(25)27-12-7-8-19-29-27)23-15-13-22(14-16-23)11-6-4-5-10-21(2)28/h3,7-8,12-21H,1,4-6,9-11H2,2H3. The van der Waals surface area contributed by atoms with Gasteiger partial charge in [0.05, 0.1) is 11.9 Å². The van der Waals surface area contributed by atoms with E-state index in [-0.39, 0.29) is 0 Å². The van der Waals surface area contributed by atoms with Crippen LogP contribution in [-0.2, 0) is 12.8 Å². The minimum atomic E-state index is -0.677. The maximum Gasteiger partial charge on any atom is 0.0973 e. The number of hydrogen-bond acceptors (Lipinski definition) is 1. The summed E-state index contributed by atoms with van der Waals surface area (Å²) < 4.78 is 12.8. The molecule has 1 heterocycles. The summed E-state index contributed by atoms with van der Waals surface area (Å²) in [6, 6.07) is 21.4. The van der Waals surface area contributed by atoms with Gasteiger partial charge >= 0.3 is 0 Å². The van der Waals surface area contributed by atoms with Crippen molar-refractivity contribution in [2.45, 2.75) is 51.6 Å². The Morgan fingerprint density at radius 2 is 1.76 bits per heavy atom. The zero-order valence-electron chi connectivity index (χ0n) is 17.3. The van der Waals surface area contributed by atoms with Crippen LogP contribution in [0.1, 0.15) is 43.7 Å². The number of benzene rings is 2. The van der Waals surface area contributed by atoms with Gasteiger partial charge in [-0.25, -0.2) is 4.39 Å². The fourth-order valence-electron chi connectivity index (χ4n) is 3.67. The van der Waals surface area contributed by atoms with E-state index in [1.807, 2.05) is 30.5 Å². The lowest BCUT2D eigenvalue weighted by molar-refractivity contribution is 0.330. The smallest absolute Gasteiger partial charge is 0.0973 e. The number of pyridine rings is 1. The molecule has 0 spiro atoms. The van der Waals surface area contributed by atoms with E-state index in [0.717, 1.165) is 43.4 Å². The van der Waals surface area contributed by atoms with Crippen LogP contribution in [0, 0.1) is 0 Å². The topological polar surface area (TPSA) is 12.9 Å². The molecule has 0 bridgehead atoms. The normalized spacial score (nSPS) is 11.9. The van der Waals surface area contributed by atoms with E-state index in [1.54, 1.807) is 6.92 Å². The molecule has 0 aliphatic rings. The third kappa shape index (κ3) is 6.12. The number of nitrogens with zero attached hydrogens (tertiary/aromatic N) is 1. The molecule has 0 N–H and O–H groups in total. The van der Waals surface area contributed by atoms with Gasteiger partial charge in [-0.1, -0.05) is 67.4 Å². The molecule has 0 aliphatic heterocycles. The minimum Gasteiger partial charge on any atom is -0.256 e. The monoisotopic (exact) mass is 387 g/mol. The summed E-state index contributed by atoms with van der Waals surface area (Å²) in [5.74, 6) is 0. The van der Waals surface area contributed by atoms with Crippen molar-refractivity contribution in [3.8, 4) is 22.4 Å². The van der Waals surface area contributed by atoms with E-state index in [1.165, 1.54) is 22.3 Å². The molecule has 0 saturated heterocycles. The molecule has 29 heavy (non-hydrogen) atoms. The Bertz CT molecular complexity index is 898. The lowest BCUT2D eigenvalue weighted by Crippen LogP contribution is -1.93. The molecule has 3 aromatic rings. The predicted octanol–water partition coefficient (Wildman–Crippen LogP) is 7.61. The van der Waals surface area contributed by atoms with Crippen LogP contribution < -0.4 is 0 Å². The molecule has 1 nitrogen and oxygen atoms in total. The number of rotatable bonds is 10. The van der Waals surface area contributed by atoms with Crippen LogP contribution in [0.5, 0.6) is 0 Å². The molecular formula is C27H30FN. The van der Waals surface area contributed by atoms with E-state index >= 15 is 0 Å². The summed E-state index contributed by atoms with van der Waals surface area (Å²) in [5, 5.41) is 0. The highest BCUT2D eigenvalue weighted by Crippen LogP contribution is 2.29. The van der Waals surface area contributed by atoms with E-state index in [2.05, 4.69) is 54.0 Å². The van der Waals surface area contributed by atoms with Crippen molar-refractivity contribution in [1.82, 2.24) is 4.98 Å². The third-order valence-corrected chi connectivity index (χ3v) is 5.26. The van der Waals surface area contributed by atoms with Crippen molar-refractivity contribution in [2.75, 3.05) is 0 Å². The number of hydrogen-bond donors (Lipinski definition) is 0. The van der Waals surface area contributed by atoms with Gasteiger partial charge in [-0.3, -0.25) is 4.98 Å². The van der Waals surface area contributed by atoms with Crippen LogP contribution in [-0.4, -0.2) is 11.2 Å². The van der Waals surface area contributed by atoms with Crippen LogP contribution >= 0.6 is 0 Å². The van der Waals surface area contributed by atoms with E-state index < -0.39 is 6.17 Å². The van der Waals surface area contributed by atoms with Gasteiger partial charge in [0.2, 0.25) is 0 Å². The van der Waals surface area contributed by atoms with Crippen LogP contribution in [0.4, 0.5) is 4.39 Å². The average molecular weight is 388 g/mol. The van der Waals surface area contributed by atoms with Gasteiger partial charge in [0.1, 0.15) is 0 Å². The summed E-state index contributed by atoms with van der Waals surface area (Å²) in [5.41, 5.74) is 7.17. The van der Waals surface area contributed by atoms with Crippen molar-refractivity contribution < 1.29 is 4.39 Å². The summed E-state index contributed by atoms with van der Waals surface area (Å²) in [6.07, 6.45) is 8.84. The fourth-order valence-corrected chi connectivity index (χ4v) is 3.67. The molecule has 0 amide bonds. The Morgan fingerprint density at radius 1 is 0.966 bits per heavy atom. The molecule has 150 valence electrons. The lowest BCUT2D eigenvalue weighted by atomic mass is 9.94. The van der Waals surface area contributed by atoms with Crippen LogP contribution in [0.15, 0.2) is 79.5 Å². The molecule has 3 rings (SSSR count). The molecule has 2 heteroatoms. The van der Waals surface area contributed by atoms with E-state index in [4.69, 9.17) is 0 Å². The van der Waals surface area contributed by atoms with Gasteiger partial charge in [-0.05, 0) is 67.0 Å². The second kappa shape index (κ2) is 10.7. The van der Waals surface area contributed by atoms with Crippen molar-refractivity contribution in [2.24, 2.45) is 0 Å². The Hall–Kier alpha value is -2.74. The molecule has 1 aromatic heterocycles. The molecule has 0 aliphatic carbocycles. The zero-order chi connectivity index (χ0) is 20.5. The van der Waals surface area contributed by atoms with Gasteiger partial charge in [-0.2, -0.15) is 0 Å². The molecule has 2 aromatic carbocycles. The Kier molecular flexibility index (Phi) is 7.75. The molecule has 0 saturated carbocycles. The number of allylic oxidation sites excluding steroid dienone is 1. The molecule has 1 unspecified atom stereocenters. The molecular weight excluding hydrogens is 357 g/mol. The average Bonchev–Trinajstić information content (AvgIpc) is 2.74. The molecule has 1 atom stereocenters. The maximum atomic E-state index is 12.8. The number of aromatic nitrogens is 1. The zero-order valence-corrected chi connectivity index (χ0v) is 17.3. The lowest BCUT2D eigenvalue weighted by Gasteiger charge is -2.11. The Balaban J connectivity index is 1.70. The summed E-state index contributed by atoms with van der Waals surface area (Å²) in [7, 11) is 0. The van der Waals surface area contributed by atoms with Crippen molar-refractivity contribution >= 4 is 0 Å². The number of unbranched alkanes of at least 4 members (excludes halogenated alkanes) is 2. The van der Waals surface area contributed by atoms with Crippen molar-refractivity contribution in [1.29, 1.82) is 0 Å². The largest absolute Gasteiger partial charge is 0.256 e. The summed E-state index contributed by atoms with van der Waals surface area (Å²) >= 11 is 0. The SMILES string of the molecule is C=CCc1cc(-c2ccc(CCCCCC(C)F)cc2)ccc1-c1ccccn1. The van der Waals surface area contributed by atoms with Gasteiger partial charge in [0.25, 0.3) is 0 Å². The highest BCUT2D eigenvalue weighted by Gasteiger charge is 2.08. The maximum absolute atomic E-state index is 12.8. The fraction of sp³-hybridized carbons (Fsp3) is 0.296. The van der Waals surface area contributed by atoms with Crippen LogP contribution in [0.3, 0.4) is 0 Å². The highest BCUT2D eigenvalue weighted by atomic mass is 19.1.